The van der Waals surface area contributed by atoms with Crippen LogP contribution in [0.15, 0.2) is 24.3 Å². The van der Waals surface area contributed by atoms with E-state index in [2.05, 4.69) is 5.32 Å². The second-order valence-electron chi connectivity index (χ2n) is 4.66. The van der Waals surface area contributed by atoms with Crippen molar-refractivity contribution in [3.63, 3.8) is 0 Å². The van der Waals surface area contributed by atoms with Gasteiger partial charge in [0.1, 0.15) is 6.04 Å². The third-order valence-electron chi connectivity index (χ3n) is 3.32. The topological polar surface area (TPSA) is 82.4 Å². The molecule has 1 atom stereocenters. The zero-order valence-corrected chi connectivity index (χ0v) is 11.8. The lowest BCUT2D eigenvalue weighted by atomic mass is 10.1. The summed E-state index contributed by atoms with van der Waals surface area (Å²) in [5, 5.41) is 11.9. The Labute approximate surface area is 123 Å². The second kappa shape index (κ2) is 6.86. The summed E-state index contributed by atoms with van der Waals surface area (Å²) in [6, 6.07) is 7.79. The van der Waals surface area contributed by atoms with Crippen molar-refractivity contribution in [1.29, 1.82) is 5.26 Å². The number of nitrogens with zero attached hydrogens (tertiary/aromatic N) is 2. The van der Waals surface area contributed by atoms with Gasteiger partial charge in [0.2, 0.25) is 0 Å². The van der Waals surface area contributed by atoms with Crippen molar-refractivity contribution in [2.75, 3.05) is 26.2 Å². The molecular weight excluding hydrogens is 270 g/mol. The van der Waals surface area contributed by atoms with Gasteiger partial charge in [-0.1, -0.05) is 0 Å². The van der Waals surface area contributed by atoms with E-state index in [1.165, 1.54) is 4.90 Å². The molecular formula is C15H17N3O3. The van der Waals surface area contributed by atoms with Crippen LogP contribution in [0.2, 0.25) is 0 Å². The van der Waals surface area contributed by atoms with Crippen LogP contribution in [0.1, 0.15) is 22.8 Å². The minimum absolute atomic E-state index is 0.223. The minimum atomic E-state index is -0.609. The van der Waals surface area contributed by atoms with Crippen molar-refractivity contribution in [3.05, 3.63) is 35.4 Å². The summed E-state index contributed by atoms with van der Waals surface area (Å²) in [5.41, 5.74) is 0.957. The monoisotopic (exact) mass is 287 g/mol. The molecule has 6 nitrogen and oxygen atoms in total. The molecule has 6 heteroatoms. The summed E-state index contributed by atoms with van der Waals surface area (Å²) >= 11 is 0. The van der Waals surface area contributed by atoms with Gasteiger partial charge in [-0.25, -0.2) is 4.79 Å². The molecule has 2 rings (SSSR count). The van der Waals surface area contributed by atoms with Crippen LogP contribution in [0.3, 0.4) is 0 Å². The first kappa shape index (κ1) is 15.0. The lowest BCUT2D eigenvalue weighted by Gasteiger charge is -2.34. The van der Waals surface area contributed by atoms with E-state index >= 15 is 0 Å². The van der Waals surface area contributed by atoms with Gasteiger partial charge in [-0.05, 0) is 31.2 Å². The zero-order chi connectivity index (χ0) is 15.2. The fraction of sp³-hybridized carbons (Fsp3) is 0.400. The molecule has 0 aliphatic carbocycles. The summed E-state index contributed by atoms with van der Waals surface area (Å²) in [5.74, 6) is -0.620. The van der Waals surface area contributed by atoms with Gasteiger partial charge >= 0.3 is 5.97 Å². The van der Waals surface area contributed by atoms with Crippen molar-refractivity contribution >= 4 is 11.9 Å². The summed E-state index contributed by atoms with van der Waals surface area (Å²) in [6.07, 6.45) is 0. The van der Waals surface area contributed by atoms with Crippen LogP contribution in [-0.4, -0.2) is 49.1 Å². The molecule has 1 aliphatic heterocycles. The molecule has 1 saturated heterocycles. The molecule has 0 saturated carbocycles. The van der Waals surface area contributed by atoms with Gasteiger partial charge in [-0.3, -0.25) is 4.79 Å². The fourth-order valence-corrected chi connectivity index (χ4v) is 2.25. The lowest BCUT2D eigenvalue weighted by Crippen LogP contribution is -2.57. The number of ether oxygens (including phenoxy) is 1. The molecule has 1 fully saturated rings. The van der Waals surface area contributed by atoms with Gasteiger partial charge in [0.15, 0.2) is 0 Å². The normalized spacial score (nSPS) is 17.9. The van der Waals surface area contributed by atoms with Gasteiger partial charge in [-0.15, -0.1) is 0 Å². The van der Waals surface area contributed by atoms with Crippen LogP contribution in [0.4, 0.5) is 0 Å². The van der Waals surface area contributed by atoms with E-state index in [1.54, 1.807) is 31.2 Å². The molecule has 0 radical (unpaired) electrons. The first-order valence-corrected chi connectivity index (χ1v) is 6.86. The Bertz CT molecular complexity index is 563. The van der Waals surface area contributed by atoms with E-state index in [-0.39, 0.29) is 12.5 Å². The first-order chi connectivity index (χ1) is 10.2. The lowest BCUT2D eigenvalue weighted by molar-refractivity contribution is -0.149. The summed E-state index contributed by atoms with van der Waals surface area (Å²) in [4.78, 5) is 26.0. The SMILES string of the molecule is CCOC(=O)C1CNCCN1C(=O)c1ccc(C#N)cc1. The molecule has 0 spiro atoms. The van der Waals surface area contributed by atoms with E-state index in [9.17, 15) is 9.59 Å². The highest BCUT2D eigenvalue weighted by molar-refractivity contribution is 5.97. The highest BCUT2D eigenvalue weighted by atomic mass is 16.5. The summed E-state index contributed by atoms with van der Waals surface area (Å²) < 4.78 is 5.02. The number of esters is 1. The first-order valence-electron chi connectivity index (χ1n) is 6.86. The molecule has 1 heterocycles. The van der Waals surface area contributed by atoms with E-state index in [0.717, 1.165) is 0 Å². The van der Waals surface area contributed by atoms with Gasteiger partial charge in [0.25, 0.3) is 5.91 Å². The van der Waals surface area contributed by atoms with Crippen molar-refractivity contribution < 1.29 is 14.3 Å². The number of rotatable bonds is 3. The average molecular weight is 287 g/mol. The third-order valence-corrected chi connectivity index (χ3v) is 3.32. The molecule has 1 unspecified atom stereocenters. The summed E-state index contributed by atoms with van der Waals surface area (Å²) in [7, 11) is 0. The van der Waals surface area contributed by atoms with Gasteiger partial charge in [0, 0.05) is 25.2 Å². The van der Waals surface area contributed by atoms with Crippen LogP contribution < -0.4 is 5.32 Å². The van der Waals surface area contributed by atoms with Crippen LogP contribution in [0.5, 0.6) is 0 Å². The smallest absolute Gasteiger partial charge is 0.330 e. The van der Waals surface area contributed by atoms with E-state index < -0.39 is 12.0 Å². The molecule has 1 aromatic rings. The average Bonchev–Trinajstić information content (AvgIpc) is 2.54. The highest BCUT2D eigenvalue weighted by Crippen LogP contribution is 2.13. The van der Waals surface area contributed by atoms with Crippen molar-refractivity contribution in [2.24, 2.45) is 0 Å². The maximum atomic E-state index is 12.5. The molecule has 1 amide bonds. The molecule has 1 aromatic carbocycles. The van der Waals surface area contributed by atoms with Gasteiger partial charge in [-0.2, -0.15) is 5.26 Å². The number of hydrogen-bond donors (Lipinski definition) is 1. The predicted octanol–water partition coefficient (Wildman–Crippen LogP) is 0.535. The predicted molar refractivity (Wildman–Crippen MR) is 75.5 cm³/mol. The Morgan fingerprint density at radius 2 is 2.14 bits per heavy atom. The number of nitrogens with one attached hydrogen (secondary N) is 1. The molecule has 0 bridgehead atoms. The third kappa shape index (κ3) is 3.38. The Morgan fingerprint density at radius 1 is 1.43 bits per heavy atom. The summed E-state index contributed by atoms with van der Waals surface area (Å²) in [6.45, 7) is 3.50. The number of amides is 1. The van der Waals surface area contributed by atoms with Gasteiger partial charge in [0.05, 0.1) is 18.2 Å². The van der Waals surface area contributed by atoms with Crippen LogP contribution in [-0.2, 0) is 9.53 Å². The van der Waals surface area contributed by atoms with Crippen molar-refractivity contribution in [2.45, 2.75) is 13.0 Å². The number of hydrogen-bond acceptors (Lipinski definition) is 5. The Morgan fingerprint density at radius 3 is 2.76 bits per heavy atom. The van der Waals surface area contributed by atoms with Crippen molar-refractivity contribution in [1.82, 2.24) is 10.2 Å². The standard InChI is InChI=1S/C15H17N3O3/c1-2-21-15(20)13-10-17-7-8-18(13)14(19)12-5-3-11(9-16)4-6-12/h3-6,13,17H,2,7-8,10H2,1H3. The molecule has 110 valence electrons. The van der Waals surface area contributed by atoms with E-state index in [0.29, 0.717) is 30.8 Å². The zero-order valence-electron chi connectivity index (χ0n) is 11.8. The molecule has 1 aliphatic rings. The molecule has 0 aromatic heterocycles. The highest BCUT2D eigenvalue weighted by Gasteiger charge is 2.33. The molecule has 21 heavy (non-hydrogen) atoms. The second-order valence-corrected chi connectivity index (χ2v) is 4.66. The van der Waals surface area contributed by atoms with Crippen LogP contribution in [0.25, 0.3) is 0 Å². The largest absolute Gasteiger partial charge is 0.464 e. The van der Waals surface area contributed by atoms with Gasteiger partial charge < -0.3 is 15.0 Å². The minimum Gasteiger partial charge on any atom is -0.464 e. The van der Waals surface area contributed by atoms with E-state index in [1.807, 2.05) is 6.07 Å². The Hall–Kier alpha value is -2.39. The maximum absolute atomic E-state index is 12.5. The number of piperazine rings is 1. The number of nitriles is 1. The number of benzene rings is 1. The molecule has 1 N–H and O–H groups in total. The van der Waals surface area contributed by atoms with E-state index in [4.69, 9.17) is 10.00 Å². The quantitative estimate of drug-likeness (QED) is 0.820. The fourth-order valence-electron chi connectivity index (χ4n) is 2.25. The van der Waals surface area contributed by atoms with Crippen LogP contribution in [0, 0.1) is 11.3 Å². The number of carbonyl (C=O) groups excluding carboxylic acids is 2. The van der Waals surface area contributed by atoms with Crippen LogP contribution >= 0.6 is 0 Å². The maximum Gasteiger partial charge on any atom is 0.330 e. The Kier molecular flexibility index (Phi) is 4.90. The number of carbonyl (C=O) groups is 2. The Balaban J connectivity index is 2.18. The van der Waals surface area contributed by atoms with Crippen molar-refractivity contribution in [3.8, 4) is 6.07 Å².